The lowest BCUT2D eigenvalue weighted by Crippen LogP contribution is -2.24. The smallest absolute Gasteiger partial charge is 0.244 e. The molecular weight excluding hydrogens is 322 g/mol. The van der Waals surface area contributed by atoms with Gasteiger partial charge in [-0.15, -0.1) is 0 Å². The second-order valence-electron chi connectivity index (χ2n) is 6.32. The maximum Gasteiger partial charge on any atom is 0.244 e. The molecule has 0 saturated carbocycles. The summed E-state index contributed by atoms with van der Waals surface area (Å²) in [5.74, 6) is 0.607. The van der Waals surface area contributed by atoms with Crippen molar-refractivity contribution >= 4 is 10.0 Å². The van der Waals surface area contributed by atoms with Crippen molar-refractivity contribution in [1.82, 2.24) is 4.72 Å². The quantitative estimate of drug-likeness (QED) is 0.862. The van der Waals surface area contributed by atoms with Crippen LogP contribution in [0.2, 0.25) is 0 Å². The molecule has 0 aliphatic rings. The van der Waals surface area contributed by atoms with Gasteiger partial charge in [-0.1, -0.05) is 43.7 Å². The second-order valence-corrected chi connectivity index (χ2v) is 8.06. The highest BCUT2D eigenvalue weighted by atomic mass is 32.2. The van der Waals surface area contributed by atoms with Crippen molar-refractivity contribution in [2.24, 2.45) is 0 Å². The maximum absolute atomic E-state index is 12.7. The fourth-order valence-corrected chi connectivity index (χ4v) is 3.83. The van der Waals surface area contributed by atoms with Crippen LogP contribution in [-0.4, -0.2) is 15.5 Å². The van der Waals surface area contributed by atoms with Gasteiger partial charge in [-0.25, -0.2) is 13.1 Å². The molecule has 0 amide bonds. The van der Waals surface area contributed by atoms with Gasteiger partial charge in [0.2, 0.25) is 10.0 Å². The van der Waals surface area contributed by atoms with Crippen molar-refractivity contribution in [2.45, 2.75) is 45.1 Å². The van der Waals surface area contributed by atoms with Gasteiger partial charge in [0.15, 0.2) is 0 Å². The SMILES string of the molecule is COc1cc(C)c(C(C)C)cc1S(=O)(=O)NCc1ccc(C)cc1. The van der Waals surface area contributed by atoms with E-state index in [4.69, 9.17) is 4.74 Å². The number of nitrogens with one attached hydrogen (secondary N) is 1. The van der Waals surface area contributed by atoms with Gasteiger partial charge in [-0.05, 0) is 48.6 Å². The first-order valence-electron chi connectivity index (χ1n) is 7.98. The molecule has 0 aromatic heterocycles. The van der Waals surface area contributed by atoms with Crippen LogP contribution >= 0.6 is 0 Å². The molecule has 5 heteroatoms. The minimum atomic E-state index is -3.66. The van der Waals surface area contributed by atoms with Crippen molar-refractivity contribution in [2.75, 3.05) is 7.11 Å². The van der Waals surface area contributed by atoms with Gasteiger partial charge in [0, 0.05) is 6.54 Å². The Morgan fingerprint density at radius 2 is 1.71 bits per heavy atom. The van der Waals surface area contributed by atoms with Gasteiger partial charge >= 0.3 is 0 Å². The van der Waals surface area contributed by atoms with E-state index in [0.29, 0.717) is 5.75 Å². The lowest BCUT2D eigenvalue weighted by atomic mass is 9.98. The summed E-state index contributed by atoms with van der Waals surface area (Å²) in [6, 6.07) is 11.3. The zero-order valence-electron chi connectivity index (χ0n) is 14.9. The molecule has 0 atom stereocenters. The predicted octanol–water partition coefficient (Wildman–Crippen LogP) is 3.91. The van der Waals surface area contributed by atoms with Crippen molar-refractivity contribution < 1.29 is 13.2 Å². The van der Waals surface area contributed by atoms with E-state index < -0.39 is 10.0 Å². The maximum atomic E-state index is 12.7. The Bertz CT molecular complexity index is 809. The minimum absolute atomic E-state index is 0.186. The molecule has 0 radical (unpaired) electrons. The highest BCUT2D eigenvalue weighted by Crippen LogP contribution is 2.31. The van der Waals surface area contributed by atoms with Crippen LogP contribution in [0.1, 0.15) is 42.0 Å². The van der Waals surface area contributed by atoms with Crippen molar-refractivity contribution in [3.05, 3.63) is 58.7 Å². The average Bonchev–Trinajstić information content (AvgIpc) is 2.53. The molecule has 24 heavy (non-hydrogen) atoms. The molecule has 130 valence electrons. The number of benzene rings is 2. The van der Waals surface area contributed by atoms with Crippen molar-refractivity contribution in [3.63, 3.8) is 0 Å². The third kappa shape index (κ3) is 4.16. The summed E-state index contributed by atoms with van der Waals surface area (Å²) in [4.78, 5) is 0.186. The average molecular weight is 347 g/mol. The van der Waals surface area contributed by atoms with Crippen LogP contribution in [0.25, 0.3) is 0 Å². The molecule has 0 aliphatic heterocycles. The number of ether oxygens (including phenoxy) is 1. The molecule has 2 aromatic carbocycles. The standard InChI is InChI=1S/C19H25NO3S/c1-13(2)17-11-19(18(23-5)10-15(17)4)24(21,22)20-12-16-8-6-14(3)7-9-16/h6-11,13,20H,12H2,1-5H3. The fourth-order valence-electron chi connectivity index (χ4n) is 2.63. The van der Waals surface area contributed by atoms with E-state index in [1.54, 1.807) is 12.1 Å². The van der Waals surface area contributed by atoms with E-state index in [1.165, 1.54) is 7.11 Å². The van der Waals surface area contributed by atoms with Gasteiger partial charge in [0.25, 0.3) is 0 Å². The topological polar surface area (TPSA) is 55.4 Å². The predicted molar refractivity (Wildman–Crippen MR) is 97.0 cm³/mol. The number of sulfonamides is 1. The molecule has 0 spiro atoms. The number of methoxy groups -OCH3 is 1. The second kappa shape index (κ2) is 7.36. The van der Waals surface area contributed by atoms with Crippen LogP contribution in [0.5, 0.6) is 5.75 Å². The lowest BCUT2D eigenvalue weighted by Gasteiger charge is -2.16. The monoisotopic (exact) mass is 347 g/mol. The van der Waals surface area contributed by atoms with E-state index in [9.17, 15) is 8.42 Å². The molecule has 1 N–H and O–H groups in total. The van der Waals surface area contributed by atoms with Crippen LogP contribution in [0.15, 0.2) is 41.3 Å². The van der Waals surface area contributed by atoms with Crippen LogP contribution in [0.4, 0.5) is 0 Å². The number of hydrogen-bond donors (Lipinski definition) is 1. The first-order chi connectivity index (χ1) is 11.2. The molecule has 2 rings (SSSR count). The van der Waals surface area contributed by atoms with E-state index in [0.717, 1.165) is 22.3 Å². The third-order valence-corrected chi connectivity index (χ3v) is 5.47. The zero-order chi connectivity index (χ0) is 17.9. The molecule has 0 heterocycles. The Labute approximate surface area is 144 Å². The molecular formula is C19H25NO3S. The van der Waals surface area contributed by atoms with Gasteiger partial charge < -0.3 is 4.74 Å². The Morgan fingerprint density at radius 1 is 1.08 bits per heavy atom. The van der Waals surface area contributed by atoms with E-state index in [2.05, 4.69) is 4.72 Å². The summed E-state index contributed by atoms with van der Waals surface area (Å²) in [7, 11) is -2.17. The Kier molecular flexibility index (Phi) is 5.67. The summed E-state index contributed by atoms with van der Waals surface area (Å²) >= 11 is 0. The van der Waals surface area contributed by atoms with Gasteiger partial charge in [-0.2, -0.15) is 0 Å². The molecule has 2 aromatic rings. The number of rotatable bonds is 6. The summed E-state index contributed by atoms with van der Waals surface area (Å²) < 4.78 is 33.5. The molecule has 0 saturated heterocycles. The normalized spacial score (nSPS) is 11.8. The van der Waals surface area contributed by atoms with Gasteiger partial charge in [0.05, 0.1) is 7.11 Å². The first kappa shape index (κ1) is 18.5. The minimum Gasteiger partial charge on any atom is -0.495 e. The third-order valence-electron chi connectivity index (χ3n) is 4.05. The van der Waals surface area contributed by atoms with E-state index in [-0.39, 0.29) is 17.4 Å². The van der Waals surface area contributed by atoms with Gasteiger partial charge in [-0.3, -0.25) is 0 Å². The molecule has 0 unspecified atom stereocenters. The van der Waals surface area contributed by atoms with Crippen LogP contribution in [-0.2, 0) is 16.6 Å². The first-order valence-corrected chi connectivity index (χ1v) is 9.46. The zero-order valence-corrected chi connectivity index (χ0v) is 15.7. The van der Waals surface area contributed by atoms with E-state index >= 15 is 0 Å². The molecule has 0 aliphatic carbocycles. The highest BCUT2D eigenvalue weighted by molar-refractivity contribution is 7.89. The lowest BCUT2D eigenvalue weighted by molar-refractivity contribution is 0.401. The van der Waals surface area contributed by atoms with E-state index in [1.807, 2.05) is 52.0 Å². The van der Waals surface area contributed by atoms with Gasteiger partial charge in [0.1, 0.15) is 10.6 Å². The Hall–Kier alpha value is -1.85. The van der Waals surface area contributed by atoms with Crippen LogP contribution in [0, 0.1) is 13.8 Å². The Morgan fingerprint density at radius 3 is 2.25 bits per heavy atom. The largest absolute Gasteiger partial charge is 0.495 e. The summed E-state index contributed by atoms with van der Waals surface area (Å²) in [5.41, 5.74) is 4.09. The van der Waals surface area contributed by atoms with Crippen molar-refractivity contribution in [1.29, 1.82) is 0 Å². The highest BCUT2D eigenvalue weighted by Gasteiger charge is 2.22. The Balaban J connectivity index is 2.33. The molecule has 0 bridgehead atoms. The van der Waals surface area contributed by atoms with Crippen LogP contribution in [0.3, 0.4) is 0 Å². The van der Waals surface area contributed by atoms with Crippen LogP contribution < -0.4 is 9.46 Å². The number of aryl methyl sites for hydroxylation is 2. The molecule has 0 fully saturated rings. The summed E-state index contributed by atoms with van der Waals surface area (Å²) in [5, 5.41) is 0. The summed E-state index contributed by atoms with van der Waals surface area (Å²) in [6.45, 7) is 8.30. The van der Waals surface area contributed by atoms with Crippen molar-refractivity contribution in [3.8, 4) is 5.75 Å². The number of hydrogen-bond acceptors (Lipinski definition) is 3. The fraction of sp³-hybridized carbons (Fsp3) is 0.368. The molecule has 4 nitrogen and oxygen atoms in total. The summed E-state index contributed by atoms with van der Waals surface area (Å²) in [6.07, 6.45) is 0.